The van der Waals surface area contributed by atoms with Gasteiger partial charge in [0.2, 0.25) is 5.91 Å². The van der Waals surface area contributed by atoms with Gasteiger partial charge in [0.05, 0.1) is 0 Å². The van der Waals surface area contributed by atoms with Crippen molar-refractivity contribution in [2.45, 2.75) is 60.3 Å². The first kappa shape index (κ1) is 16.7. The zero-order valence-corrected chi connectivity index (χ0v) is 12.5. The number of nitrogens with one attached hydrogen (secondary N) is 1. The number of aryl methyl sites for hydroxylation is 1. The Kier molecular flexibility index (Phi) is 8.99. The van der Waals surface area contributed by atoms with Gasteiger partial charge in [0.15, 0.2) is 0 Å². The van der Waals surface area contributed by atoms with Gasteiger partial charge in [-0.1, -0.05) is 46.2 Å². The van der Waals surface area contributed by atoms with Crippen LogP contribution in [0.25, 0.3) is 0 Å². The second-order valence-electron chi connectivity index (χ2n) is 4.11. The van der Waals surface area contributed by atoms with Crippen molar-refractivity contribution in [2.75, 3.05) is 5.32 Å². The molecule has 0 radical (unpaired) electrons. The molecule has 0 unspecified atom stereocenters. The van der Waals surface area contributed by atoms with Crippen LogP contribution in [0.5, 0.6) is 0 Å². The fraction of sp³-hybridized carbons (Fsp3) is 0.562. The number of benzene rings is 1. The minimum Gasteiger partial charge on any atom is -0.326 e. The van der Waals surface area contributed by atoms with Crippen molar-refractivity contribution in [3.8, 4) is 0 Å². The summed E-state index contributed by atoms with van der Waals surface area (Å²) in [6, 6.07) is 6.09. The number of unbranched alkanes of at least 4 members (excludes halogenated alkanes) is 1. The van der Waals surface area contributed by atoms with Crippen LogP contribution in [-0.4, -0.2) is 5.91 Å². The molecule has 0 saturated heterocycles. The lowest BCUT2D eigenvalue weighted by molar-refractivity contribution is -0.115. The third-order valence-corrected chi connectivity index (χ3v) is 2.79. The van der Waals surface area contributed by atoms with E-state index in [0.29, 0.717) is 6.42 Å². The van der Waals surface area contributed by atoms with E-state index >= 15 is 0 Å². The number of anilines is 1. The molecular weight excluding hydrogens is 222 g/mol. The Labute approximate surface area is 112 Å². The molecule has 18 heavy (non-hydrogen) atoms. The van der Waals surface area contributed by atoms with Crippen molar-refractivity contribution in [3.63, 3.8) is 0 Å². The smallest absolute Gasteiger partial charge is 0.224 e. The summed E-state index contributed by atoms with van der Waals surface area (Å²) in [6.45, 7) is 10.2. The summed E-state index contributed by atoms with van der Waals surface area (Å²) in [4.78, 5) is 11.4. The first-order chi connectivity index (χ1) is 8.69. The summed E-state index contributed by atoms with van der Waals surface area (Å²) in [5.74, 6) is 0.0864. The van der Waals surface area contributed by atoms with E-state index in [1.807, 2.05) is 32.9 Å². The number of hydrogen-bond acceptors (Lipinski definition) is 1. The zero-order valence-electron chi connectivity index (χ0n) is 12.5. The molecule has 0 aromatic heterocycles. The topological polar surface area (TPSA) is 29.1 Å². The second kappa shape index (κ2) is 9.69. The van der Waals surface area contributed by atoms with Gasteiger partial charge < -0.3 is 5.32 Å². The lowest BCUT2D eigenvalue weighted by Gasteiger charge is -2.13. The predicted octanol–water partition coefficient (Wildman–Crippen LogP) is 4.71. The van der Waals surface area contributed by atoms with Gasteiger partial charge in [-0.2, -0.15) is 0 Å². The molecule has 0 atom stereocenters. The molecule has 2 nitrogen and oxygen atoms in total. The SMILES string of the molecule is CC.CCCCc1c(C)cccc1NC(=O)CC. The molecule has 0 aliphatic carbocycles. The summed E-state index contributed by atoms with van der Waals surface area (Å²) in [7, 11) is 0. The minimum atomic E-state index is 0.0864. The van der Waals surface area contributed by atoms with Crippen LogP contribution in [0.4, 0.5) is 5.69 Å². The van der Waals surface area contributed by atoms with Crippen LogP contribution in [0.1, 0.15) is 58.1 Å². The molecule has 1 N–H and O–H groups in total. The van der Waals surface area contributed by atoms with E-state index in [2.05, 4.69) is 25.2 Å². The van der Waals surface area contributed by atoms with Crippen LogP contribution in [0.3, 0.4) is 0 Å². The molecule has 0 aliphatic heterocycles. The van der Waals surface area contributed by atoms with Gasteiger partial charge in [-0.05, 0) is 37.0 Å². The Bertz CT molecular complexity index is 358. The van der Waals surface area contributed by atoms with Crippen LogP contribution in [0, 0.1) is 6.92 Å². The highest BCUT2D eigenvalue weighted by molar-refractivity contribution is 5.91. The van der Waals surface area contributed by atoms with Crippen molar-refractivity contribution >= 4 is 11.6 Å². The molecule has 102 valence electrons. The molecule has 0 bridgehead atoms. The first-order valence-corrected chi connectivity index (χ1v) is 7.07. The van der Waals surface area contributed by atoms with E-state index in [1.54, 1.807) is 0 Å². The van der Waals surface area contributed by atoms with Crippen molar-refractivity contribution in [1.82, 2.24) is 0 Å². The largest absolute Gasteiger partial charge is 0.326 e. The minimum absolute atomic E-state index is 0.0864. The third kappa shape index (κ3) is 5.35. The van der Waals surface area contributed by atoms with Gasteiger partial charge in [-0.3, -0.25) is 4.79 Å². The Morgan fingerprint density at radius 3 is 2.44 bits per heavy atom. The average molecular weight is 249 g/mol. The molecule has 0 spiro atoms. The Hall–Kier alpha value is -1.31. The first-order valence-electron chi connectivity index (χ1n) is 7.07. The number of rotatable bonds is 5. The fourth-order valence-corrected chi connectivity index (χ4v) is 1.74. The van der Waals surface area contributed by atoms with Crippen LogP contribution in [0.15, 0.2) is 18.2 Å². The third-order valence-electron chi connectivity index (χ3n) is 2.79. The maximum Gasteiger partial charge on any atom is 0.224 e. The van der Waals surface area contributed by atoms with Crippen molar-refractivity contribution < 1.29 is 4.79 Å². The van der Waals surface area contributed by atoms with Crippen LogP contribution in [0.2, 0.25) is 0 Å². The monoisotopic (exact) mass is 249 g/mol. The maximum atomic E-state index is 11.4. The number of carbonyl (C=O) groups is 1. The number of hydrogen-bond donors (Lipinski definition) is 1. The van der Waals surface area contributed by atoms with Crippen molar-refractivity contribution in [1.29, 1.82) is 0 Å². The van der Waals surface area contributed by atoms with E-state index in [1.165, 1.54) is 24.0 Å². The van der Waals surface area contributed by atoms with E-state index in [4.69, 9.17) is 0 Å². The Morgan fingerprint density at radius 2 is 1.89 bits per heavy atom. The van der Waals surface area contributed by atoms with E-state index < -0.39 is 0 Å². The molecule has 0 heterocycles. The van der Waals surface area contributed by atoms with Crippen LogP contribution in [-0.2, 0) is 11.2 Å². The van der Waals surface area contributed by atoms with Crippen LogP contribution >= 0.6 is 0 Å². The lowest BCUT2D eigenvalue weighted by Crippen LogP contribution is -2.11. The molecule has 1 aromatic carbocycles. The molecule has 2 heteroatoms. The van der Waals surface area contributed by atoms with E-state index in [0.717, 1.165) is 12.1 Å². The van der Waals surface area contributed by atoms with Crippen molar-refractivity contribution in [2.24, 2.45) is 0 Å². The summed E-state index contributed by atoms with van der Waals surface area (Å²) >= 11 is 0. The standard InChI is InChI=1S/C14H21NO.C2H6/c1-4-6-9-12-11(3)8-7-10-13(12)15-14(16)5-2;1-2/h7-8,10H,4-6,9H2,1-3H3,(H,15,16);1-2H3. The van der Waals surface area contributed by atoms with Gasteiger partial charge in [0.25, 0.3) is 0 Å². The molecule has 1 rings (SSSR count). The van der Waals surface area contributed by atoms with Gasteiger partial charge in [0.1, 0.15) is 0 Å². The van der Waals surface area contributed by atoms with Gasteiger partial charge in [0, 0.05) is 12.1 Å². The summed E-state index contributed by atoms with van der Waals surface area (Å²) in [5.41, 5.74) is 3.54. The summed E-state index contributed by atoms with van der Waals surface area (Å²) in [5, 5.41) is 2.97. The highest BCUT2D eigenvalue weighted by Crippen LogP contribution is 2.21. The van der Waals surface area contributed by atoms with Gasteiger partial charge >= 0.3 is 0 Å². The fourth-order valence-electron chi connectivity index (χ4n) is 1.74. The zero-order chi connectivity index (χ0) is 14.0. The maximum absolute atomic E-state index is 11.4. The summed E-state index contributed by atoms with van der Waals surface area (Å²) < 4.78 is 0. The van der Waals surface area contributed by atoms with Gasteiger partial charge in [-0.15, -0.1) is 0 Å². The Morgan fingerprint density at radius 1 is 1.22 bits per heavy atom. The molecule has 0 saturated carbocycles. The quantitative estimate of drug-likeness (QED) is 0.804. The van der Waals surface area contributed by atoms with Crippen LogP contribution < -0.4 is 5.32 Å². The highest BCUT2D eigenvalue weighted by Gasteiger charge is 2.07. The number of carbonyl (C=O) groups excluding carboxylic acids is 1. The van der Waals surface area contributed by atoms with E-state index in [9.17, 15) is 4.79 Å². The molecule has 0 fully saturated rings. The molecule has 1 amide bonds. The average Bonchev–Trinajstić information content (AvgIpc) is 2.40. The highest BCUT2D eigenvalue weighted by atomic mass is 16.1. The summed E-state index contributed by atoms with van der Waals surface area (Å²) in [6.07, 6.45) is 3.92. The Balaban J connectivity index is 0.00000137. The van der Waals surface area contributed by atoms with Gasteiger partial charge in [-0.25, -0.2) is 0 Å². The second-order valence-corrected chi connectivity index (χ2v) is 4.11. The lowest BCUT2D eigenvalue weighted by atomic mass is 10.0. The molecular formula is C16H27NO. The molecule has 1 aromatic rings. The molecule has 0 aliphatic rings. The number of amides is 1. The van der Waals surface area contributed by atoms with E-state index in [-0.39, 0.29) is 5.91 Å². The normalized spacial score (nSPS) is 9.39. The van der Waals surface area contributed by atoms with Crippen molar-refractivity contribution in [3.05, 3.63) is 29.3 Å². The predicted molar refractivity (Wildman–Crippen MR) is 80.1 cm³/mol.